The summed E-state index contributed by atoms with van der Waals surface area (Å²) in [7, 11) is 0. The lowest BCUT2D eigenvalue weighted by Crippen LogP contribution is -2.53. The van der Waals surface area contributed by atoms with Gasteiger partial charge in [0.15, 0.2) is 0 Å². The number of carbonyl (C=O) groups excluding carboxylic acids is 1. The summed E-state index contributed by atoms with van der Waals surface area (Å²) in [6, 6.07) is 9.39. The first-order valence-electron chi connectivity index (χ1n) is 6.87. The van der Waals surface area contributed by atoms with Crippen molar-refractivity contribution in [3.63, 3.8) is 0 Å². The highest BCUT2D eigenvalue weighted by molar-refractivity contribution is 5.87. The van der Waals surface area contributed by atoms with Crippen LogP contribution in [0.25, 0.3) is 0 Å². The van der Waals surface area contributed by atoms with E-state index in [1.54, 1.807) is 6.92 Å². The fourth-order valence-corrected chi connectivity index (χ4v) is 1.95. The van der Waals surface area contributed by atoms with Crippen molar-refractivity contribution in [1.82, 2.24) is 5.32 Å². The molecular formula is C15H25N3O. The summed E-state index contributed by atoms with van der Waals surface area (Å²) < 4.78 is 0. The van der Waals surface area contributed by atoms with Crippen LogP contribution in [0.4, 0.5) is 0 Å². The second-order valence-electron chi connectivity index (χ2n) is 5.12. The van der Waals surface area contributed by atoms with Crippen molar-refractivity contribution < 1.29 is 4.79 Å². The topological polar surface area (TPSA) is 81.1 Å². The molecule has 0 aliphatic carbocycles. The molecule has 2 unspecified atom stereocenters. The number of benzene rings is 1. The highest BCUT2D eigenvalue weighted by Crippen LogP contribution is 2.17. The van der Waals surface area contributed by atoms with Gasteiger partial charge < -0.3 is 16.8 Å². The van der Waals surface area contributed by atoms with Crippen molar-refractivity contribution in [3.05, 3.63) is 35.9 Å². The highest BCUT2D eigenvalue weighted by Gasteiger charge is 2.31. The molecular weight excluding hydrogens is 238 g/mol. The van der Waals surface area contributed by atoms with E-state index in [1.165, 1.54) is 0 Å². The molecule has 1 amide bonds. The summed E-state index contributed by atoms with van der Waals surface area (Å²) in [5.74, 6) is -0.176. The Morgan fingerprint density at radius 3 is 2.53 bits per heavy atom. The van der Waals surface area contributed by atoms with Crippen molar-refractivity contribution in [2.75, 3.05) is 6.54 Å². The lowest BCUT2D eigenvalue weighted by Gasteiger charge is -2.27. The summed E-state index contributed by atoms with van der Waals surface area (Å²) in [4.78, 5) is 12.3. The first-order chi connectivity index (χ1) is 9.02. The zero-order valence-corrected chi connectivity index (χ0v) is 11.9. The van der Waals surface area contributed by atoms with Crippen molar-refractivity contribution in [3.8, 4) is 0 Å². The fraction of sp³-hybridized carbons (Fsp3) is 0.533. The maximum Gasteiger partial charge on any atom is 0.244 e. The molecule has 4 heteroatoms. The molecule has 4 nitrogen and oxygen atoms in total. The number of hydrogen-bond donors (Lipinski definition) is 3. The van der Waals surface area contributed by atoms with Gasteiger partial charge in [0, 0.05) is 12.6 Å². The number of nitrogens with one attached hydrogen (secondary N) is 1. The fourth-order valence-electron chi connectivity index (χ4n) is 1.95. The quantitative estimate of drug-likeness (QED) is 0.697. The van der Waals surface area contributed by atoms with E-state index in [0.29, 0.717) is 6.54 Å². The molecule has 0 aliphatic rings. The molecule has 1 rings (SSSR count). The monoisotopic (exact) mass is 263 g/mol. The number of hydrogen-bond acceptors (Lipinski definition) is 3. The summed E-state index contributed by atoms with van der Waals surface area (Å²) in [6.45, 7) is 4.29. The molecule has 2 atom stereocenters. The Labute approximate surface area is 115 Å². The van der Waals surface area contributed by atoms with Crippen molar-refractivity contribution in [2.45, 2.75) is 44.7 Å². The molecule has 5 N–H and O–H groups in total. The van der Waals surface area contributed by atoms with Gasteiger partial charge >= 0.3 is 0 Å². The Kier molecular flexibility index (Phi) is 5.99. The first kappa shape index (κ1) is 15.7. The van der Waals surface area contributed by atoms with Gasteiger partial charge in [-0.2, -0.15) is 0 Å². The number of amides is 1. The molecule has 0 fully saturated rings. The lowest BCUT2D eigenvalue weighted by molar-refractivity contribution is -0.126. The highest BCUT2D eigenvalue weighted by atomic mass is 16.2. The smallest absolute Gasteiger partial charge is 0.244 e. The maximum absolute atomic E-state index is 12.3. The van der Waals surface area contributed by atoms with E-state index in [4.69, 9.17) is 11.5 Å². The van der Waals surface area contributed by atoms with Crippen LogP contribution in [-0.4, -0.2) is 18.5 Å². The van der Waals surface area contributed by atoms with Crippen LogP contribution >= 0.6 is 0 Å². The molecule has 106 valence electrons. The molecule has 0 spiro atoms. The Morgan fingerprint density at radius 1 is 1.37 bits per heavy atom. The minimum atomic E-state index is -1.03. The molecule has 1 aromatic carbocycles. The maximum atomic E-state index is 12.3. The van der Waals surface area contributed by atoms with Gasteiger partial charge in [0.2, 0.25) is 5.91 Å². The Balaban J connectivity index is 2.70. The minimum absolute atomic E-state index is 0.000891. The number of carbonyl (C=O) groups is 1. The third kappa shape index (κ3) is 4.33. The second kappa shape index (κ2) is 7.26. The predicted octanol–water partition coefficient (Wildman–Crippen LogP) is 1.49. The van der Waals surface area contributed by atoms with Crippen LogP contribution in [0.15, 0.2) is 30.3 Å². The van der Waals surface area contributed by atoms with E-state index in [-0.39, 0.29) is 11.9 Å². The Hall–Kier alpha value is -1.39. The molecule has 0 heterocycles. The molecule has 0 radical (unpaired) electrons. The SMILES string of the molecule is CCCCC(CN)NC(=O)C(C)(N)c1ccccc1. The third-order valence-electron chi connectivity index (χ3n) is 3.37. The number of unbranched alkanes of at least 4 members (excludes halogenated alkanes) is 1. The van der Waals surface area contributed by atoms with Gasteiger partial charge in [-0.05, 0) is 18.9 Å². The molecule has 0 saturated carbocycles. The van der Waals surface area contributed by atoms with Crippen LogP contribution < -0.4 is 16.8 Å². The predicted molar refractivity (Wildman–Crippen MR) is 78.5 cm³/mol. The molecule has 0 aromatic heterocycles. The summed E-state index contributed by atoms with van der Waals surface area (Å²) in [6.07, 6.45) is 3.03. The third-order valence-corrected chi connectivity index (χ3v) is 3.37. The van der Waals surface area contributed by atoms with Crippen LogP contribution in [0.1, 0.15) is 38.7 Å². The van der Waals surface area contributed by atoms with Gasteiger partial charge in [-0.1, -0.05) is 50.1 Å². The second-order valence-corrected chi connectivity index (χ2v) is 5.12. The summed E-state index contributed by atoms with van der Waals surface area (Å²) >= 11 is 0. The molecule has 0 bridgehead atoms. The lowest BCUT2D eigenvalue weighted by atomic mass is 9.92. The number of nitrogens with two attached hydrogens (primary N) is 2. The molecule has 19 heavy (non-hydrogen) atoms. The molecule has 0 aliphatic heterocycles. The van der Waals surface area contributed by atoms with Crippen molar-refractivity contribution >= 4 is 5.91 Å². The van der Waals surface area contributed by atoms with Gasteiger partial charge in [-0.25, -0.2) is 0 Å². The van der Waals surface area contributed by atoms with E-state index < -0.39 is 5.54 Å². The largest absolute Gasteiger partial charge is 0.350 e. The van der Waals surface area contributed by atoms with E-state index in [1.807, 2.05) is 30.3 Å². The van der Waals surface area contributed by atoms with E-state index >= 15 is 0 Å². The minimum Gasteiger partial charge on any atom is -0.350 e. The van der Waals surface area contributed by atoms with Gasteiger partial charge in [0.25, 0.3) is 0 Å². The molecule has 0 saturated heterocycles. The van der Waals surface area contributed by atoms with Crippen LogP contribution in [0, 0.1) is 0 Å². The normalized spacial score (nSPS) is 15.6. The average Bonchev–Trinajstić information content (AvgIpc) is 2.44. The molecule has 1 aromatic rings. The van der Waals surface area contributed by atoms with E-state index in [9.17, 15) is 4.79 Å². The average molecular weight is 263 g/mol. The summed E-state index contributed by atoms with van der Waals surface area (Å²) in [5, 5.41) is 2.95. The summed E-state index contributed by atoms with van der Waals surface area (Å²) in [5.41, 5.74) is 11.6. The van der Waals surface area contributed by atoms with Crippen LogP contribution in [0.5, 0.6) is 0 Å². The first-order valence-corrected chi connectivity index (χ1v) is 6.87. The van der Waals surface area contributed by atoms with Gasteiger partial charge in [-0.15, -0.1) is 0 Å². The van der Waals surface area contributed by atoms with Crippen molar-refractivity contribution in [1.29, 1.82) is 0 Å². The van der Waals surface area contributed by atoms with Crippen LogP contribution in [0.3, 0.4) is 0 Å². The zero-order valence-electron chi connectivity index (χ0n) is 11.9. The van der Waals surface area contributed by atoms with Crippen LogP contribution in [0.2, 0.25) is 0 Å². The zero-order chi connectivity index (χ0) is 14.3. The van der Waals surface area contributed by atoms with Gasteiger partial charge in [-0.3, -0.25) is 4.79 Å². The van der Waals surface area contributed by atoms with Crippen LogP contribution in [-0.2, 0) is 10.3 Å². The Bertz CT molecular complexity index is 390. The van der Waals surface area contributed by atoms with E-state index in [2.05, 4.69) is 12.2 Å². The van der Waals surface area contributed by atoms with E-state index in [0.717, 1.165) is 24.8 Å². The number of rotatable bonds is 7. The van der Waals surface area contributed by atoms with Gasteiger partial charge in [0.1, 0.15) is 5.54 Å². The van der Waals surface area contributed by atoms with Crippen molar-refractivity contribution in [2.24, 2.45) is 11.5 Å². The Morgan fingerprint density at radius 2 is 2.00 bits per heavy atom. The standard InChI is InChI=1S/C15H25N3O/c1-3-4-10-13(11-16)18-14(19)15(2,17)12-8-6-5-7-9-12/h5-9,13H,3-4,10-11,16-17H2,1-2H3,(H,18,19). The van der Waals surface area contributed by atoms with Gasteiger partial charge in [0.05, 0.1) is 0 Å².